The van der Waals surface area contributed by atoms with Crippen LogP contribution in [0.15, 0.2) is 91.0 Å². The standard InChI is InChI=1S/C33H27ClN2O6S/c1-4-15-41-32(40)30-20(3)35-33(43-30)36-27(23-9-6-10-24(34)17-23)26(29(38)31(36)39)28(37)22-11-13-25(14-12-22)42-18-21-8-5-7-19(2)16-21/h4-14,16-17,27,37H,1,15,18H2,2-3H3. The normalized spacial score (nSPS) is 15.9. The van der Waals surface area contributed by atoms with E-state index in [0.29, 0.717) is 34.2 Å². The number of ketones is 1. The first-order valence-electron chi connectivity index (χ1n) is 13.3. The summed E-state index contributed by atoms with van der Waals surface area (Å²) in [5.74, 6) is -2.22. The largest absolute Gasteiger partial charge is 0.507 e. The molecule has 8 nitrogen and oxygen atoms in total. The summed E-state index contributed by atoms with van der Waals surface area (Å²) in [6, 6.07) is 20.2. The van der Waals surface area contributed by atoms with E-state index in [0.717, 1.165) is 22.5 Å². The summed E-state index contributed by atoms with van der Waals surface area (Å²) in [5, 5.41) is 11.9. The number of aromatic nitrogens is 1. The maximum absolute atomic E-state index is 13.5. The monoisotopic (exact) mass is 614 g/mol. The van der Waals surface area contributed by atoms with Gasteiger partial charge in [0.25, 0.3) is 5.78 Å². The van der Waals surface area contributed by atoms with Crippen LogP contribution in [0.1, 0.15) is 43.7 Å². The van der Waals surface area contributed by atoms with Crippen LogP contribution in [-0.2, 0) is 20.9 Å². The molecule has 1 atom stereocenters. The van der Waals surface area contributed by atoms with E-state index in [-0.39, 0.29) is 27.9 Å². The van der Waals surface area contributed by atoms with Gasteiger partial charge in [0, 0.05) is 10.6 Å². The van der Waals surface area contributed by atoms with Gasteiger partial charge in [-0.2, -0.15) is 0 Å². The van der Waals surface area contributed by atoms with Crippen molar-refractivity contribution in [2.45, 2.75) is 26.5 Å². The Morgan fingerprint density at radius 2 is 1.84 bits per heavy atom. The number of aliphatic hydroxyl groups is 1. The van der Waals surface area contributed by atoms with Crippen LogP contribution in [-0.4, -0.2) is 34.4 Å². The van der Waals surface area contributed by atoms with E-state index in [1.807, 2.05) is 31.2 Å². The minimum Gasteiger partial charge on any atom is -0.507 e. The number of carbonyl (C=O) groups is 3. The third kappa shape index (κ3) is 6.23. The van der Waals surface area contributed by atoms with Crippen LogP contribution in [0.5, 0.6) is 5.75 Å². The van der Waals surface area contributed by atoms with Crippen LogP contribution in [0.2, 0.25) is 5.02 Å². The van der Waals surface area contributed by atoms with Gasteiger partial charge in [-0.05, 0) is 61.4 Å². The van der Waals surface area contributed by atoms with Crippen molar-refractivity contribution in [2.24, 2.45) is 0 Å². The number of benzene rings is 3. The van der Waals surface area contributed by atoms with E-state index < -0.39 is 23.7 Å². The number of nitrogens with zero attached hydrogens (tertiary/aromatic N) is 2. The SMILES string of the molecule is C=CCOC(=O)c1sc(N2C(=O)C(=O)C(=C(O)c3ccc(OCc4cccc(C)c4)cc3)C2c2cccc(Cl)c2)nc1C. The van der Waals surface area contributed by atoms with Crippen molar-refractivity contribution < 1.29 is 29.0 Å². The van der Waals surface area contributed by atoms with Gasteiger partial charge in [0.05, 0.1) is 17.3 Å². The number of aliphatic hydroxyl groups excluding tert-OH is 1. The average Bonchev–Trinajstić information content (AvgIpc) is 3.51. The smallest absolute Gasteiger partial charge is 0.350 e. The van der Waals surface area contributed by atoms with Crippen molar-refractivity contribution in [3.63, 3.8) is 0 Å². The van der Waals surface area contributed by atoms with Crippen LogP contribution in [0.3, 0.4) is 0 Å². The number of ether oxygens (including phenoxy) is 2. The highest BCUT2D eigenvalue weighted by molar-refractivity contribution is 7.17. The lowest BCUT2D eigenvalue weighted by Gasteiger charge is -2.23. The van der Waals surface area contributed by atoms with E-state index in [1.165, 1.54) is 11.0 Å². The fourth-order valence-electron chi connectivity index (χ4n) is 4.73. The Balaban J connectivity index is 1.52. The quantitative estimate of drug-likeness (QED) is 0.0714. The second-order valence-electron chi connectivity index (χ2n) is 9.82. The number of esters is 1. The van der Waals surface area contributed by atoms with E-state index in [2.05, 4.69) is 11.6 Å². The molecule has 5 rings (SSSR count). The number of carbonyl (C=O) groups excluding carboxylic acids is 3. The molecule has 218 valence electrons. The first-order valence-corrected chi connectivity index (χ1v) is 14.5. The van der Waals surface area contributed by atoms with Crippen molar-refractivity contribution in [1.82, 2.24) is 4.98 Å². The van der Waals surface area contributed by atoms with Crippen molar-refractivity contribution in [1.29, 1.82) is 0 Å². The van der Waals surface area contributed by atoms with Gasteiger partial charge in [0.2, 0.25) is 0 Å². The molecule has 1 N–H and O–H groups in total. The van der Waals surface area contributed by atoms with E-state index >= 15 is 0 Å². The Morgan fingerprint density at radius 3 is 2.53 bits per heavy atom. The highest BCUT2D eigenvalue weighted by Gasteiger charge is 2.48. The molecule has 1 aliphatic rings. The maximum Gasteiger partial charge on any atom is 0.350 e. The van der Waals surface area contributed by atoms with Gasteiger partial charge < -0.3 is 14.6 Å². The van der Waals surface area contributed by atoms with Crippen LogP contribution in [0.4, 0.5) is 5.13 Å². The summed E-state index contributed by atoms with van der Waals surface area (Å²) in [7, 11) is 0. The number of thiazole rings is 1. The lowest BCUT2D eigenvalue weighted by Crippen LogP contribution is -2.29. The van der Waals surface area contributed by atoms with E-state index in [9.17, 15) is 19.5 Å². The Kier molecular flexibility index (Phi) is 8.75. The first kappa shape index (κ1) is 29.8. The summed E-state index contributed by atoms with van der Waals surface area (Å²) in [4.78, 5) is 45.4. The number of halogens is 1. The molecule has 10 heteroatoms. The maximum atomic E-state index is 13.5. The van der Waals surface area contributed by atoms with Crippen LogP contribution < -0.4 is 9.64 Å². The number of hydrogen-bond acceptors (Lipinski definition) is 8. The molecule has 1 fully saturated rings. The molecule has 0 spiro atoms. The number of rotatable bonds is 9. The lowest BCUT2D eigenvalue weighted by atomic mass is 9.95. The van der Waals surface area contributed by atoms with Gasteiger partial charge >= 0.3 is 11.9 Å². The Bertz CT molecular complexity index is 1760. The van der Waals surface area contributed by atoms with Crippen molar-refractivity contribution in [3.05, 3.63) is 129 Å². The van der Waals surface area contributed by atoms with Crippen LogP contribution in [0.25, 0.3) is 5.76 Å². The number of hydrogen-bond donors (Lipinski definition) is 1. The van der Waals surface area contributed by atoms with Crippen LogP contribution in [0, 0.1) is 13.8 Å². The Labute approximate surface area is 257 Å². The van der Waals surface area contributed by atoms with Crippen molar-refractivity contribution in [2.75, 3.05) is 11.5 Å². The van der Waals surface area contributed by atoms with Gasteiger partial charge in [-0.15, -0.1) is 0 Å². The van der Waals surface area contributed by atoms with E-state index in [1.54, 1.807) is 55.5 Å². The first-order chi connectivity index (χ1) is 20.7. The van der Waals surface area contributed by atoms with Gasteiger partial charge in [0.15, 0.2) is 5.13 Å². The number of Topliss-reactive ketones (excluding diaryl/α,β-unsaturated/α-hetero) is 1. The van der Waals surface area contributed by atoms with Crippen LogP contribution >= 0.6 is 22.9 Å². The summed E-state index contributed by atoms with van der Waals surface area (Å²) < 4.78 is 11.0. The molecular formula is C33H27ClN2O6S. The molecule has 1 aromatic heterocycles. The highest BCUT2D eigenvalue weighted by atomic mass is 35.5. The zero-order valence-corrected chi connectivity index (χ0v) is 24.9. The molecule has 0 radical (unpaired) electrons. The molecule has 4 aromatic rings. The molecule has 1 saturated heterocycles. The molecule has 1 unspecified atom stereocenters. The predicted octanol–water partition coefficient (Wildman–Crippen LogP) is 6.96. The molecule has 3 aromatic carbocycles. The lowest BCUT2D eigenvalue weighted by molar-refractivity contribution is -0.132. The number of aryl methyl sites for hydroxylation is 2. The fourth-order valence-corrected chi connectivity index (χ4v) is 5.92. The molecule has 0 bridgehead atoms. The summed E-state index contributed by atoms with van der Waals surface area (Å²) in [5.41, 5.74) is 3.14. The Morgan fingerprint density at radius 1 is 1.09 bits per heavy atom. The van der Waals surface area contributed by atoms with Crippen molar-refractivity contribution in [3.8, 4) is 5.75 Å². The summed E-state index contributed by atoms with van der Waals surface area (Å²) in [6.45, 7) is 7.53. The second kappa shape index (κ2) is 12.6. The van der Waals surface area contributed by atoms with E-state index in [4.69, 9.17) is 21.1 Å². The Hall–Kier alpha value is -4.73. The van der Waals surface area contributed by atoms with Gasteiger partial charge in [-0.25, -0.2) is 9.78 Å². The summed E-state index contributed by atoms with van der Waals surface area (Å²) >= 11 is 7.21. The second-order valence-corrected chi connectivity index (χ2v) is 11.2. The zero-order valence-electron chi connectivity index (χ0n) is 23.4. The summed E-state index contributed by atoms with van der Waals surface area (Å²) in [6.07, 6.45) is 1.44. The predicted molar refractivity (Wildman–Crippen MR) is 166 cm³/mol. The molecule has 1 aliphatic heterocycles. The minimum atomic E-state index is -1.06. The van der Waals surface area contributed by atoms with Gasteiger partial charge in [-0.1, -0.05) is 77.6 Å². The number of amides is 1. The fraction of sp³-hybridized carbons (Fsp3) is 0.152. The third-order valence-corrected chi connectivity index (χ3v) is 8.11. The topological polar surface area (TPSA) is 106 Å². The molecule has 1 amide bonds. The highest BCUT2D eigenvalue weighted by Crippen LogP contribution is 2.44. The average molecular weight is 615 g/mol. The molecule has 2 heterocycles. The van der Waals surface area contributed by atoms with Gasteiger partial charge in [-0.3, -0.25) is 14.5 Å². The van der Waals surface area contributed by atoms with Crippen molar-refractivity contribution >= 4 is 51.5 Å². The van der Waals surface area contributed by atoms with Gasteiger partial charge in [0.1, 0.15) is 29.6 Å². The third-order valence-electron chi connectivity index (χ3n) is 6.73. The number of anilines is 1. The molecule has 0 saturated carbocycles. The molecule has 43 heavy (non-hydrogen) atoms. The molecule has 0 aliphatic carbocycles. The minimum absolute atomic E-state index is 0.00823. The molecular weight excluding hydrogens is 588 g/mol. The zero-order chi connectivity index (χ0) is 30.7.